The van der Waals surface area contributed by atoms with Crippen LogP contribution in [-0.2, 0) is 7.05 Å². The van der Waals surface area contributed by atoms with Crippen LogP contribution in [0.4, 0.5) is 0 Å². The highest BCUT2D eigenvalue weighted by atomic mass is 16.5. The van der Waals surface area contributed by atoms with Crippen LogP contribution in [0.25, 0.3) is 0 Å². The lowest BCUT2D eigenvalue weighted by Gasteiger charge is -2.23. The van der Waals surface area contributed by atoms with E-state index in [0.717, 1.165) is 13.0 Å². The Kier molecular flexibility index (Phi) is 3.86. The number of carbonyl (C=O) groups is 1. The van der Waals surface area contributed by atoms with E-state index in [0.29, 0.717) is 29.8 Å². The van der Waals surface area contributed by atoms with Gasteiger partial charge in [0.1, 0.15) is 12.2 Å². The molecule has 18 heavy (non-hydrogen) atoms. The highest BCUT2D eigenvalue weighted by Crippen LogP contribution is 2.21. The predicted octanol–water partition coefficient (Wildman–Crippen LogP) is 0.348. The number of primary amides is 1. The summed E-state index contributed by atoms with van der Waals surface area (Å²) in [6, 6.07) is 0.342. The quantitative estimate of drug-likeness (QED) is 0.810. The number of amides is 1. The first-order chi connectivity index (χ1) is 8.59. The third-order valence-electron chi connectivity index (χ3n) is 3.25. The maximum Gasteiger partial charge on any atom is 0.256 e. The third-order valence-corrected chi connectivity index (χ3v) is 3.25. The van der Waals surface area contributed by atoms with Crippen LogP contribution < -0.4 is 15.8 Å². The molecular formula is C12H20N4O2. The summed E-state index contributed by atoms with van der Waals surface area (Å²) < 4.78 is 7.29. The molecule has 1 aliphatic heterocycles. The average molecular weight is 252 g/mol. The molecule has 6 nitrogen and oxygen atoms in total. The normalized spacial score (nSPS) is 19.8. The van der Waals surface area contributed by atoms with Gasteiger partial charge in [-0.2, -0.15) is 5.10 Å². The molecule has 100 valence electrons. The molecule has 1 aromatic heterocycles. The second-order valence-electron chi connectivity index (χ2n) is 4.71. The van der Waals surface area contributed by atoms with Crippen molar-refractivity contribution < 1.29 is 9.53 Å². The Morgan fingerprint density at radius 1 is 1.61 bits per heavy atom. The summed E-state index contributed by atoms with van der Waals surface area (Å²) in [6.07, 6.45) is 3.53. The van der Waals surface area contributed by atoms with Gasteiger partial charge in [-0.25, -0.2) is 4.68 Å². The SMILES string of the molecule is Cc1nn(C)c(OCC2CCCCN2)c1C(N)=O. The molecule has 1 aromatic rings. The van der Waals surface area contributed by atoms with E-state index in [1.165, 1.54) is 12.8 Å². The maximum atomic E-state index is 11.4. The predicted molar refractivity (Wildman–Crippen MR) is 67.6 cm³/mol. The number of nitrogens with zero attached hydrogens (tertiary/aromatic N) is 2. The fourth-order valence-corrected chi connectivity index (χ4v) is 2.33. The molecule has 1 saturated heterocycles. The maximum absolute atomic E-state index is 11.4. The molecule has 0 spiro atoms. The molecule has 1 atom stereocenters. The lowest BCUT2D eigenvalue weighted by molar-refractivity contribution is 0.0994. The van der Waals surface area contributed by atoms with E-state index in [2.05, 4.69) is 10.4 Å². The Balaban J connectivity index is 2.06. The van der Waals surface area contributed by atoms with E-state index in [-0.39, 0.29) is 0 Å². The van der Waals surface area contributed by atoms with Gasteiger partial charge in [0.05, 0.1) is 5.69 Å². The average Bonchev–Trinajstić information content (AvgIpc) is 2.62. The lowest BCUT2D eigenvalue weighted by atomic mass is 10.1. The molecule has 0 radical (unpaired) electrons. The second kappa shape index (κ2) is 5.39. The highest BCUT2D eigenvalue weighted by molar-refractivity contribution is 5.96. The number of nitrogens with one attached hydrogen (secondary N) is 1. The monoisotopic (exact) mass is 252 g/mol. The smallest absolute Gasteiger partial charge is 0.256 e. The first-order valence-electron chi connectivity index (χ1n) is 6.29. The molecule has 2 heterocycles. The number of ether oxygens (including phenoxy) is 1. The van der Waals surface area contributed by atoms with Gasteiger partial charge < -0.3 is 15.8 Å². The minimum atomic E-state index is -0.493. The van der Waals surface area contributed by atoms with E-state index in [4.69, 9.17) is 10.5 Å². The van der Waals surface area contributed by atoms with Crippen LogP contribution in [0, 0.1) is 6.92 Å². The van der Waals surface area contributed by atoms with Crippen molar-refractivity contribution >= 4 is 5.91 Å². The molecule has 3 N–H and O–H groups in total. The van der Waals surface area contributed by atoms with Crippen LogP contribution in [0.1, 0.15) is 35.3 Å². The Bertz CT molecular complexity index is 436. The summed E-state index contributed by atoms with van der Waals surface area (Å²) in [6.45, 7) is 3.33. The largest absolute Gasteiger partial charge is 0.476 e. The van der Waals surface area contributed by atoms with Crippen LogP contribution in [0.15, 0.2) is 0 Å². The van der Waals surface area contributed by atoms with Crippen molar-refractivity contribution in [3.8, 4) is 5.88 Å². The van der Waals surface area contributed by atoms with Gasteiger partial charge >= 0.3 is 0 Å². The van der Waals surface area contributed by atoms with Crippen LogP contribution in [0.3, 0.4) is 0 Å². The Morgan fingerprint density at radius 3 is 3.00 bits per heavy atom. The van der Waals surface area contributed by atoms with Crippen molar-refractivity contribution in [2.75, 3.05) is 13.2 Å². The number of aromatic nitrogens is 2. The van der Waals surface area contributed by atoms with Gasteiger partial charge in [0.25, 0.3) is 5.91 Å². The van der Waals surface area contributed by atoms with Crippen LogP contribution in [-0.4, -0.2) is 34.9 Å². The Morgan fingerprint density at radius 2 is 2.39 bits per heavy atom. The Hall–Kier alpha value is -1.56. The molecule has 1 aliphatic rings. The van der Waals surface area contributed by atoms with E-state index in [1.54, 1.807) is 18.7 Å². The van der Waals surface area contributed by atoms with Crippen molar-refractivity contribution in [1.82, 2.24) is 15.1 Å². The zero-order valence-electron chi connectivity index (χ0n) is 10.9. The molecule has 0 bridgehead atoms. The molecule has 0 aliphatic carbocycles. The van der Waals surface area contributed by atoms with Crippen molar-refractivity contribution in [2.24, 2.45) is 12.8 Å². The summed E-state index contributed by atoms with van der Waals surface area (Å²) in [5.41, 5.74) is 6.34. The molecule has 6 heteroatoms. The molecular weight excluding hydrogens is 232 g/mol. The van der Waals surface area contributed by atoms with Gasteiger partial charge in [-0.1, -0.05) is 6.42 Å². The summed E-state index contributed by atoms with van der Waals surface area (Å²) in [7, 11) is 1.75. The third kappa shape index (κ3) is 2.64. The number of aryl methyl sites for hydroxylation is 2. The first-order valence-corrected chi connectivity index (χ1v) is 6.29. The fourth-order valence-electron chi connectivity index (χ4n) is 2.33. The van der Waals surface area contributed by atoms with Gasteiger partial charge in [-0.15, -0.1) is 0 Å². The molecule has 0 saturated carbocycles. The Labute approximate surface area is 106 Å². The standard InChI is InChI=1S/C12H20N4O2/c1-8-10(11(13)17)12(16(2)15-8)18-7-9-5-3-4-6-14-9/h9,14H,3-7H2,1-2H3,(H2,13,17). The number of hydrogen-bond acceptors (Lipinski definition) is 4. The van der Waals surface area contributed by atoms with Gasteiger partial charge in [0.15, 0.2) is 0 Å². The van der Waals surface area contributed by atoms with Gasteiger partial charge in [0, 0.05) is 13.1 Å². The molecule has 0 aromatic carbocycles. The molecule has 2 rings (SSSR count). The van der Waals surface area contributed by atoms with Crippen molar-refractivity contribution in [3.05, 3.63) is 11.3 Å². The number of piperidine rings is 1. The van der Waals surface area contributed by atoms with E-state index in [9.17, 15) is 4.79 Å². The number of nitrogens with two attached hydrogens (primary N) is 1. The van der Waals surface area contributed by atoms with Gasteiger partial charge in [-0.05, 0) is 26.3 Å². The number of carbonyl (C=O) groups excluding carboxylic acids is 1. The minimum Gasteiger partial charge on any atom is -0.476 e. The second-order valence-corrected chi connectivity index (χ2v) is 4.71. The van der Waals surface area contributed by atoms with E-state index in [1.807, 2.05) is 0 Å². The lowest BCUT2D eigenvalue weighted by Crippen LogP contribution is -2.38. The molecule has 1 amide bonds. The van der Waals surface area contributed by atoms with Crippen molar-refractivity contribution in [2.45, 2.75) is 32.2 Å². The zero-order chi connectivity index (χ0) is 13.1. The summed E-state index contributed by atoms with van der Waals surface area (Å²) in [4.78, 5) is 11.4. The van der Waals surface area contributed by atoms with Crippen LogP contribution >= 0.6 is 0 Å². The number of hydrogen-bond donors (Lipinski definition) is 2. The molecule has 1 fully saturated rings. The van der Waals surface area contributed by atoms with Crippen molar-refractivity contribution in [3.63, 3.8) is 0 Å². The summed E-state index contributed by atoms with van der Waals surface area (Å²) >= 11 is 0. The van der Waals surface area contributed by atoms with E-state index >= 15 is 0 Å². The summed E-state index contributed by atoms with van der Waals surface area (Å²) in [5, 5.41) is 7.56. The summed E-state index contributed by atoms with van der Waals surface area (Å²) in [5.74, 6) is -0.0282. The van der Waals surface area contributed by atoms with Crippen LogP contribution in [0.5, 0.6) is 5.88 Å². The zero-order valence-corrected chi connectivity index (χ0v) is 10.9. The van der Waals surface area contributed by atoms with Gasteiger partial charge in [-0.3, -0.25) is 4.79 Å². The van der Waals surface area contributed by atoms with Crippen LogP contribution in [0.2, 0.25) is 0 Å². The molecule has 1 unspecified atom stereocenters. The first kappa shape index (κ1) is 12.9. The van der Waals surface area contributed by atoms with E-state index < -0.39 is 5.91 Å². The van der Waals surface area contributed by atoms with Gasteiger partial charge in [0.2, 0.25) is 5.88 Å². The van der Waals surface area contributed by atoms with Crippen molar-refractivity contribution in [1.29, 1.82) is 0 Å². The topological polar surface area (TPSA) is 82.2 Å². The fraction of sp³-hybridized carbons (Fsp3) is 0.667. The number of rotatable bonds is 4. The minimum absolute atomic E-state index is 0.342. The highest BCUT2D eigenvalue weighted by Gasteiger charge is 2.21.